The number of benzene rings is 1. The van der Waals surface area contributed by atoms with Crippen LogP contribution in [0.3, 0.4) is 0 Å². The van der Waals surface area contributed by atoms with Crippen molar-refractivity contribution < 1.29 is 18.9 Å². The van der Waals surface area contributed by atoms with Gasteiger partial charge in [0.25, 0.3) is 5.69 Å². The molecule has 2 aromatic rings. The molecule has 0 saturated heterocycles. The van der Waals surface area contributed by atoms with Crippen LogP contribution >= 0.6 is 0 Å². The molecule has 0 bridgehead atoms. The summed E-state index contributed by atoms with van der Waals surface area (Å²) < 4.78 is 9.96. The summed E-state index contributed by atoms with van der Waals surface area (Å²) in [5, 5.41) is 11.7. The van der Waals surface area contributed by atoms with E-state index in [0.29, 0.717) is 24.2 Å². The Balaban J connectivity index is 2.71. The summed E-state index contributed by atoms with van der Waals surface area (Å²) in [6.07, 6.45) is 0. The maximum absolute atomic E-state index is 12.0. The molecular weight excluding hydrogens is 316 g/mol. The van der Waals surface area contributed by atoms with Gasteiger partial charge in [-0.05, 0) is 26.8 Å². The van der Waals surface area contributed by atoms with Gasteiger partial charge < -0.3 is 14.1 Å². The van der Waals surface area contributed by atoms with E-state index in [-0.39, 0.29) is 23.4 Å². The van der Waals surface area contributed by atoms with Crippen LogP contribution in [0.1, 0.15) is 31.1 Å². The summed E-state index contributed by atoms with van der Waals surface area (Å²) in [5.41, 5.74) is -0.686. The van der Waals surface area contributed by atoms with Gasteiger partial charge in [0.15, 0.2) is 0 Å². The molecular formula is C16H18N2O6. The molecule has 0 radical (unpaired) electrons. The first-order valence-electron chi connectivity index (χ1n) is 7.61. The number of carbonyl (C=O) groups is 1. The van der Waals surface area contributed by atoms with Gasteiger partial charge in [-0.25, -0.2) is 9.59 Å². The molecule has 0 aliphatic heterocycles. The van der Waals surface area contributed by atoms with Crippen LogP contribution in [0.2, 0.25) is 0 Å². The number of anilines is 1. The topological polar surface area (TPSA) is 103 Å². The number of fused-ring (bicyclic) bond motifs is 1. The highest BCUT2D eigenvalue weighted by Gasteiger charge is 2.22. The third-order valence-electron chi connectivity index (χ3n) is 3.63. The Morgan fingerprint density at radius 3 is 2.46 bits per heavy atom. The lowest BCUT2D eigenvalue weighted by Gasteiger charge is -2.20. The third-order valence-corrected chi connectivity index (χ3v) is 3.63. The average molecular weight is 334 g/mol. The molecule has 0 amide bonds. The molecule has 8 heteroatoms. The molecule has 1 aromatic carbocycles. The van der Waals surface area contributed by atoms with E-state index in [9.17, 15) is 19.7 Å². The molecule has 0 N–H and O–H groups in total. The number of esters is 1. The van der Waals surface area contributed by atoms with Gasteiger partial charge in [-0.3, -0.25) is 10.1 Å². The van der Waals surface area contributed by atoms with Crippen molar-refractivity contribution in [1.29, 1.82) is 0 Å². The van der Waals surface area contributed by atoms with Crippen molar-refractivity contribution >= 4 is 28.3 Å². The van der Waals surface area contributed by atoms with Gasteiger partial charge in [0, 0.05) is 30.6 Å². The Morgan fingerprint density at radius 2 is 1.92 bits per heavy atom. The Hall–Kier alpha value is -2.90. The van der Waals surface area contributed by atoms with Crippen molar-refractivity contribution in [3.05, 3.63) is 44.3 Å². The monoisotopic (exact) mass is 334 g/mol. The average Bonchev–Trinajstić information content (AvgIpc) is 2.54. The highest BCUT2D eigenvalue weighted by Crippen LogP contribution is 2.32. The minimum absolute atomic E-state index is 0.108. The first-order valence-corrected chi connectivity index (χ1v) is 7.61. The lowest BCUT2D eigenvalue weighted by molar-refractivity contribution is -0.384. The number of ether oxygens (including phenoxy) is 1. The highest BCUT2D eigenvalue weighted by molar-refractivity contribution is 5.94. The first-order chi connectivity index (χ1) is 11.4. The molecule has 2 rings (SSSR count). The third kappa shape index (κ3) is 3.22. The fraction of sp³-hybridized carbons (Fsp3) is 0.375. The summed E-state index contributed by atoms with van der Waals surface area (Å²) in [4.78, 5) is 36.4. The van der Waals surface area contributed by atoms with Gasteiger partial charge in [-0.1, -0.05) is 0 Å². The zero-order chi connectivity index (χ0) is 17.9. The van der Waals surface area contributed by atoms with Gasteiger partial charge >= 0.3 is 11.6 Å². The van der Waals surface area contributed by atoms with Crippen molar-refractivity contribution in [2.24, 2.45) is 0 Å². The van der Waals surface area contributed by atoms with E-state index in [0.717, 1.165) is 0 Å². The van der Waals surface area contributed by atoms with E-state index in [1.54, 1.807) is 11.8 Å². The van der Waals surface area contributed by atoms with Crippen molar-refractivity contribution in [3.8, 4) is 0 Å². The van der Waals surface area contributed by atoms with Crippen LogP contribution in [0.5, 0.6) is 0 Å². The highest BCUT2D eigenvalue weighted by atomic mass is 16.6. The Bertz CT molecular complexity index is 838. The molecule has 24 heavy (non-hydrogen) atoms. The second-order valence-corrected chi connectivity index (χ2v) is 4.98. The number of nitrogens with zero attached hydrogens (tertiary/aromatic N) is 2. The predicted molar refractivity (Wildman–Crippen MR) is 88.7 cm³/mol. The molecule has 0 saturated carbocycles. The van der Waals surface area contributed by atoms with Crippen molar-refractivity contribution in [1.82, 2.24) is 0 Å². The second-order valence-electron chi connectivity index (χ2n) is 4.98. The Labute approximate surface area is 137 Å². The molecule has 0 fully saturated rings. The molecule has 8 nitrogen and oxygen atoms in total. The van der Waals surface area contributed by atoms with Crippen LogP contribution in [0.15, 0.2) is 27.4 Å². The van der Waals surface area contributed by atoms with Crippen LogP contribution in [0.4, 0.5) is 11.4 Å². The standard InChI is InChI=1S/C16H18N2O6/c1-4-17(5-2)12-9-14-10(8-13(12)18(21)22)7-11(16(20)24-14)15(19)23-6-3/h7-9H,4-6H2,1-3H3. The lowest BCUT2D eigenvalue weighted by Crippen LogP contribution is -2.23. The predicted octanol–water partition coefficient (Wildman–Crippen LogP) is 2.72. The molecule has 0 atom stereocenters. The normalized spacial score (nSPS) is 10.6. The smallest absolute Gasteiger partial charge is 0.351 e. The molecule has 1 aromatic heterocycles. The maximum Gasteiger partial charge on any atom is 0.351 e. The molecule has 0 aliphatic rings. The summed E-state index contributed by atoms with van der Waals surface area (Å²) in [6.45, 7) is 6.59. The number of hydrogen-bond acceptors (Lipinski definition) is 7. The number of carbonyl (C=O) groups excluding carboxylic acids is 1. The van der Waals surface area contributed by atoms with Crippen LogP contribution in [-0.2, 0) is 4.74 Å². The molecule has 1 heterocycles. The summed E-state index contributed by atoms with van der Waals surface area (Å²) in [5.74, 6) is -0.816. The zero-order valence-corrected chi connectivity index (χ0v) is 13.7. The number of nitro groups is 1. The Morgan fingerprint density at radius 1 is 1.25 bits per heavy atom. The number of rotatable bonds is 6. The van der Waals surface area contributed by atoms with Crippen molar-refractivity contribution in [2.75, 3.05) is 24.6 Å². The second kappa shape index (κ2) is 7.12. The van der Waals surface area contributed by atoms with Gasteiger partial charge in [0.05, 0.1) is 11.5 Å². The van der Waals surface area contributed by atoms with Gasteiger partial charge in [0.1, 0.15) is 16.8 Å². The van der Waals surface area contributed by atoms with E-state index in [1.165, 1.54) is 18.2 Å². The Kier molecular flexibility index (Phi) is 5.18. The van der Waals surface area contributed by atoms with E-state index < -0.39 is 16.5 Å². The van der Waals surface area contributed by atoms with E-state index in [2.05, 4.69) is 0 Å². The molecule has 0 aliphatic carbocycles. The first kappa shape index (κ1) is 17.5. The molecule has 0 unspecified atom stereocenters. The maximum atomic E-state index is 12.0. The fourth-order valence-electron chi connectivity index (χ4n) is 2.46. The van der Waals surface area contributed by atoms with Crippen molar-refractivity contribution in [3.63, 3.8) is 0 Å². The summed E-state index contributed by atoms with van der Waals surface area (Å²) in [7, 11) is 0. The molecule has 128 valence electrons. The van der Waals surface area contributed by atoms with Gasteiger partial charge in [-0.15, -0.1) is 0 Å². The SMILES string of the molecule is CCOC(=O)c1cc2cc([N+](=O)[O-])c(N(CC)CC)cc2oc1=O. The lowest BCUT2D eigenvalue weighted by atomic mass is 10.1. The largest absolute Gasteiger partial charge is 0.462 e. The van der Waals surface area contributed by atoms with Gasteiger partial charge in [-0.2, -0.15) is 0 Å². The quantitative estimate of drug-likeness (QED) is 0.346. The van der Waals surface area contributed by atoms with Crippen LogP contribution < -0.4 is 10.5 Å². The van der Waals surface area contributed by atoms with Crippen LogP contribution in [0, 0.1) is 10.1 Å². The minimum Gasteiger partial charge on any atom is -0.462 e. The van der Waals surface area contributed by atoms with E-state index >= 15 is 0 Å². The number of hydrogen-bond donors (Lipinski definition) is 0. The fourth-order valence-corrected chi connectivity index (χ4v) is 2.46. The van der Waals surface area contributed by atoms with Crippen LogP contribution in [0.25, 0.3) is 11.0 Å². The minimum atomic E-state index is -0.833. The van der Waals surface area contributed by atoms with E-state index in [4.69, 9.17) is 9.15 Å². The number of nitro benzene ring substituents is 1. The van der Waals surface area contributed by atoms with Gasteiger partial charge in [0.2, 0.25) is 0 Å². The molecule has 0 spiro atoms. The van der Waals surface area contributed by atoms with E-state index in [1.807, 2.05) is 13.8 Å². The van der Waals surface area contributed by atoms with Crippen molar-refractivity contribution in [2.45, 2.75) is 20.8 Å². The summed E-state index contributed by atoms with van der Waals surface area (Å²) in [6, 6.07) is 4.02. The zero-order valence-electron chi connectivity index (χ0n) is 13.7. The van der Waals surface area contributed by atoms with Crippen LogP contribution in [-0.4, -0.2) is 30.6 Å². The summed E-state index contributed by atoms with van der Waals surface area (Å²) >= 11 is 0.